The van der Waals surface area contributed by atoms with Gasteiger partial charge in [0.1, 0.15) is 17.4 Å². The van der Waals surface area contributed by atoms with Crippen LogP contribution < -0.4 is 15.6 Å². The van der Waals surface area contributed by atoms with Crippen molar-refractivity contribution >= 4 is 34.3 Å². The van der Waals surface area contributed by atoms with E-state index in [1.165, 1.54) is 4.57 Å². The highest BCUT2D eigenvalue weighted by molar-refractivity contribution is 8.00. The number of nitrogens with zero attached hydrogens (tertiary/aromatic N) is 2. The Bertz CT molecular complexity index is 1410. The summed E-state index contributed by atoms with van der Waals surface area (Å²) in [5.74, 6) is -1.32. The fourth-order valence-electron chi connectivity index (χ4n) is 3.32. The van der Waals surface area contributed by atoms with Gasteiger partial charge in [0.25, 0.3) is 5.56 Å². The highest BCUT2D eigenvalue weighted by atomic mass is 32.2. The summed E-state index contributed by atoms with van der Waals surface area (Å²) in [6.07, 6.45) is 0. The molecule has 9 heteroatoms. The maximum Gasteiger partial charge on any atom is 0.266 e. The Kier molecular flexibility index (Phi) is 6.93. The van der Waals surface area contributed by atoms with Crippen LogP contribution in [0.3, 0.4) is 0 Å². The summed E-state index contributed by atoms with van der Waals surface area (Å²) in [6.45, 7) is 3.99. The first-order valence-electron chi connectivity index (χ1n) is 10.5. The summed E-state index contributed by atoms with van der Waals surface area (Å²) in [5, 5.41) is 2.34. The summed E-state index contributed by atoms with van der Waals surface area (Å²) in [6, 6.07) is 16.7. The molecule has 6 nitrogen and oxygen atoms in total. The van der Waals surface area contributed by atoms with Crippen molar-refractivity contribution < 1.29 is 18.3 Å². The number of rotatable bonds is 7. The van der Waals surface area contributed by atoms with Crippen LogP contribution in [-0.4, -0.2) is 27.3 Å². The Balaban J connectivity index is 1.70. The van der Waals surface area contributed by atoms with E-state index >= 15 is 0 Å². The molecule has 1 heterocycles. The molecule has 34 heavy (non-hydrogen) atoms. The monoisotopic (exact) mass is 481 g/mol. The normalized spacial score (nSPS) is 11.9. The molecule has 0 bridgehead atoms. The molecule has 0 spiro atoms. The number of hydrogen-bond donors (Lipinski definition) is 1. The molecule has 4 rings (SSSR count). The SMILES string of the molecule is CCOc1ccc(-n2c(SC(C)C(=O)Nc3cc(F)ccc3F)nc3ccccc3c2=O)cc1. The van der Waals surface area contributed by atoms with Crippen LogP contribution in [0.2, 0.25) is 0 Å². The topological polar surface area (TPSA) is 73.2 Å². The van der Waals surface area contributed by atoms with Crippen LogP contribution in [0.4, 0.5) is 14.5 Å². The first-order chi connectivity index (χ1) is 16.4. The van der Waals surface area contributed by atoms with Gasteiger partial charge in [0.05, 0.1) is 34.1 Å². The van der Waals surface area contributed by atoms with Gasteiger partial charge in [0, 0.05) is 6.07 Å². The molecular weight excluding hydrogens is 460 g/mol. The molecule has 0 aliphatic carbocycles. The zero-order chi connectivity index (χ0) is 24.2. The lowest BCUT2D eigenvalue weighted by molar-refractivity contribution is -0.115. The van der Waals surface area contributed by atoms with E-state index < -0.39 is 22.8 Å². The fraction of sp³-hybridized carbons (Fsp3) is 0.160. The number of hydrogen-bond acceptors (Lipinski definition) is 5. The van der Waals surface area contributed by atoms with Crippen LogP contribution >= 0.6 is 11.8 Å². The molecular formula is C25H21F2N3O3S. The van der Waals surface area contributed by atoms with Crippen molar-refractivity contribution in [1.29, 1.82) is 0 Å². The van der Waals surface area contributed by atoms with Crippen molar-refractivity contribution in [2.45, 2.75) is 24.3 Å². The number of thioether (sulfide) groups is 1. The molecule has 1 unspecified atom stereocenters. The Morgan fingerprint density at radius 1 is 1.12 bits per heavy atom. The number of ether oxygens (including phenoxy) is 1. The van der Waals surface area contributed by atoms with Crippen molar-refractivity contribution in [2.75, 3.05) is 11.9 Å². The van der Waals surface area contributed by atoms with Gasteiger partial charge >= 0.3 is 0 Å². The number of aromatic nitrogens is 2. The number of amides is 1. The molecule has 0 aliphatic heterocycles. The Hall–Kier alpha value is -3.72. The van der Waals surface area contributed by atoms with E-state index in [0.717, 1.165) is 30.0 Å². The lowest BCUT2D eigenvalue weighted by Gasteiger charge is -2.17. The second-order valence-electron chi connectivity index (χ2n) is 7.35. The number of benzene rings is 3. The zero-order valence-electron chi connectivity index (χ0n) is 18.4. The molecule has 0 saturated heterocycles. The molecule has 0 radical (unpaired) electrons. The summed E-state index contributed by atoms with van der Waals surface area (Å²) in [4.78, 5) is 30.7. The summed E-state index contributed by atoms with van der Waals surface area (Å²) >= 11 is 1.04. The molecule has 1 aromatic heterocycles. The van der Waals surface area contributed by atoms with Crippen LogP contribution in [0, 0.1) is 11.6 Å². The minimum atomic E-state index is -0.773. The number of carbonyl (C=O) groups excluding carboxylic acids is 1. The van der Waals surface area contributed by atoms with E-state index in [2.05, 4.69) is 10.3 Å². The average Bonchev–Trinajstić information content (AvgIpc) is 2.82. The summed E-state index contributed by atoms with van der Waals surface area (Å²) in [7, 11) is 0. The van der Waals surface area contributed by atoms with Gasteiger partial charge in [0.15, 0.2) is 5.16 Å². The largest absolute Gasteiger partial charge is 0.494 e. The van der Waals surface area contributed by atoms with Gasteiger partial charge in [-0.15, -0.1) is 0 Å². The highest BCUT2D eigenvalue weighted by Crippen LogP contribution is 2.27. The van der Waals surface area contributed by atoms with Crippen LogP contribution in [0.1, 0.15) is 13.8 Å². The minimum absolute atomic E-state index is 0.257. The third-order valence-electron chi connectivity index (χ3n) is 4.99. The number of carbonyl (C=O) groups is 1. The molecule has 1 amide bonds. The smallest absolute Gasteiger partial charge is 0.266 e. The van der Waals surface area contributed by atoms with Crippen LogP contribution in [-0.2, 0) is 4.79 Å². The van der Waals surface area contributed by atoms with Crippen molar-refractivity contribution in [3.8, 4) is 11.4 Å². The molecule has 0 fully saturated rings. The molecule has 1 N–H and O–H groups in total. The molecule has 174 valence electrons. The van der Waals surface area contributed by atoms with Gasteiger partial charge in [-0.1, -0.05) is 23.9 Å². The lowest BCUT2D eigenvalue weighted by Crippen LogP contribution is -2.26. The predicted molar refractivity (Wildman–Crippen MR) is 129 cm³/mol. The van der Waals surface area contributed by atoms with Gasteiger partial charge in [0.2, 0.25) is 5.91 Å². The van der Waals surface area contributed by atoms with E-state index in [1.807, 2.05) is 6.92 Å². The van der Waals surface area contributed by atoms with E-state index in [1.54, 1.807) is 55.5 Å². The van der Waals surface area contributed by atoms with Crippen molar-refractivity contribution in [2.24, 2.45) is 0 Å². The highest BCUT2D eigenvalue weighted by Gasteiger charge is 2.21. The van der Waals surface area contributed by atoms with E-state index in [-0.39, 0.29) is 16.4 Å². The van der Waals surface area contributed by atoms with Gasteiger partial charge < -0.3 is 10.1 Å². The lowest BCUT2D eigenvalue weighted by atomic mass is 10.2. The molecule has 1 atom stereocenters. The molecule has 3 aromatic carbocycles. The third-order valence-corrected chi connectivity index (χ3v) is 6.04. The maximum absolute atomic E-state index is 14.0. The Labute approximate surface area is 198 Å². The number of fused-ring (bicyclic) bond motifs is 1. The van der Waals surface area contributed by atoms with Crippen LogP contribution in [0.25, 0.3) is 16.6 Å². The molecule has 0 saturated carbocycles. The first kappa shape index (κ1) is 23.4. The van der Waals surface area contributed by atoms with Gasteiger partial charge in [-0.2, -0.15) is 0 Å². The number of para-hydroxylation sites is 1. The van der Waals surface area contributed by atoms with Crippen LogP contribution in [0.15, 0.2) is 76.7 Å². The number of nitrogens with one attached hydrogen (secondary N) is 1. The molecule has 4 aromatic rings. The first-order valence-corrected chi connectivity index (χ1v) is 11.4. The standard InChI is InChI=1S/C25H21F2N3O3S/c1-3-33-18-11-9-17(10-12-18)30-24(32)19-6-4-5-7-21(19)29-25(30)34-15(2)23(31)28-22-14-16(26)8-13-20(22)27/h4-15H,3H2,1-2H3,(H,28,31). The van der Waals surface area contributed by atoms with E-state index in [9.17, 15) is 18.4 Å². The minimum Gasteiger partial charge on any atom is -0.494 e. The van der Waals surface area contributed by atoms with E-state index in [4.69, 9.17) is 4.74 Å². The summed E-state index contributed by atoms with van der Waals surface area (Å²) in [5.41, 5.74) is 0.493. The fourth-order valence-corrected chi connectivity index (χ4v) is 4.24. The number of halogens is 2. The van der Waals surface area contributed by atoms with Crippen molar-refractivity contribution in [1.82, 2.24) is 9.55 Å². The second-order valence-corrected chi connectivity index (χ2v) is 8.66. The van der Waals surface area contributed by atoms with Gasteiger partial charge in [-0.25, -0.2) is 13.8 Å². The van der Waals surface area contributed by atoms with Crippen LogP contribution in [0.5, 0.6) is 5.75 Å². The average molecular weight is 482 g/mol. The third kappa shape index (κ3) is 4.94. The summed E-state index contributed by atoms with van der Waals surface area (Å²) < 4.78 is 34.3. The second kappa shape index (κ2) is 10.0. The molecule has 0 aliphatic rings. The number of anilines is 1. The zero-order valence-corrected chi connectivity index (χ0v) is 19.2. The van der Waals surface area contributed by atoms with E-state index in [0.29, 0.717) is 28.9 Å². The van der Waals surface area contributed by atoms with Crippen molar-refractivity contribution in [3.05, 3.63) is 88.7 Å². The quantitative estimate of drug-likeness (QED) is 0.291. The van der Waals surface area contributed by atoms with Gasteiger partial charge in [-0.3, -0.25) is 14.2 Å². The Morgan fingerprint density at radius 2 is 1.85 bits per heavy atom. The van der Waals surface area contributed by atoms with Gasteiger partial charge in [-0.05, 0) is 62.4 Å². The Morgan fingerprint density at radius 3 is 2.59 bits per heavy atom. The maximum atomic E-state index is 14.0. The predicted octanol–water partition coefficient (Wildman–Crippen LogP) is 5.18. The van der Waals surface area contributed by atoms with Crippen molar-refractivity contribution in [3.63, 3.8) is 0 Å².